The van der Waals surface area contributed by atoms with Gasteiger partial charge in [0.15, 0.2) is 10.9 Å². The Morgan fingerprint density at radius 3 is 2.66 bits per heavy atom. The van der Waals surface area contributed by atoms with E-state index in [9.17, 15) is 4.79 Å². The lowest BCUT2D eigenvalue weighted by Crippen LogP contribution is -2.11. The molecule has 5 rings (SSSR count). The van der Waals surface area contributed by atoms with E-state index in [1.807, 2.05) is 49.4 Å². The minimum Gasteiger partial charge on any atom is -0.324 e. The Kier molecular flexibility index (Phi) is 5.18. The molecule has 0 saturated carbocycles. The van der Waals surface area contributed by atoms with Gasteiger partial charge in [0.25, 0.3) is 5.91 Å². The van der Waals surface area contributed by atoms with Crippen molar-refractivity contribution in [3.05, 3.63) is 78.1 Å². The Morgan fingerprint density at radius 1 is 0.969 bits per heavy atom. The van der Waals surface area contributed by atoms with E-state index in [1.165, 1.54) is 11.3 Å². The summed E-state index contributed by atoms with van der Waals surface area (Å²) in [5.41, 5.74) is 3.10. The summed E-state index contributed by atoms with van der Waals surface area (Å²) in [6, 6.07) is 18.5. The third kappa shape index (κ3) is 4.40. The first-order chi connectivity index (χ1) is 15.6. The first-order valence-corrected chi connectivity index (χ1v) is 10.6. The number of benzene rings is 2. The standard InChI is InChI=1S/C22H18N8OS/c1-13-11-19(30-29-13)26-18-9-10-23-21(27-18)24-15-7-8-17-16(12-15)25-22(32-17)28-20(31)14-5-3-2-4-6-14/h2-12H,1H3,(H,25,28,31)(H3,23,24,26,27,29,30). The zero-order valence-corrected chi connectivity index (χ0v) is 17.8. The highest BCUT2D eigenvalue weighted by Crippen LogP contribution is 2.29. The van der Waals surface area contributed by atoms with Crippen molar-refractivity contribution < 1.29 is 4.79 Å². The number of fused-ring (bicyclic) bond motifs is 1. The maximum Gasteiger partial charge on any atom is 0.257 e. The fraction of sp³-hybridized carbons (Fsp3) is 0.0455. The highest BCUT2D eigenvalue weighted by Gasteiger charge is 2.10. The summed E-state index contributed by atoms with van der Waals surface area (Å²) in [7, 11) is 0. The fourth-order valence-corrected chi connectivity index (χ4v) is 3.89. The molecule has 0 aliphatic heterocycles. The summed E-state index contributed by atoms with van der Waals surface area (Å²) in [6.07, 6.45) is 1.66. The molecule has 0 saturated heterocycles. The normalized spacial score (nSPS) is 10.8. The molecule has 32 heavy (non-hydrogen) atoms. The summed E-state index contributed by atoms with van der Waals surface area (Å²) in [5.74, 6) is 1.55. The van der Waals surface area contributed by atoms with E-state index < -0.39 is 0 Å². The maximum atomic E-state index is 12.4. The predicted molar refractivity (Wildman–Crippen MR) is 126 cm³/mol. The van der Waals surface area contributed by atoms with E-state index in [2.05, 4.69) is 41.1 Å². The number of aryl methyl sites for hydroxylation is 1. The number of nitrogens with one attached hydrogen (secondary N) is 4. The second kappa shape index (κ2) is 8.44. The monoisotopic (exact) mass is 442 g/mol. The molecule has 0 atom stereocenters. The number of hydrogen-bond donors (Lipinski definition) is 4. The van der Waals surface area contributed by atoms with Crippen molar-refractivity contribution in [2.75, 3.05) is 16.0 Å². The third-order valence-electron chi connectivity index (χ3n) is 4.52. The minimum absolute atomic E-state index is 0.187. The van der Waals surface area contributed by atoms with Crippen molar-refractivity contribution in [3.8, 4) is 0 Å². The molecule has 2 aromatic carbocycles. The summed E-state index contributed by atoms with van der Waals surface area (Å²) in [5, 5.41) is 16.7. The Hall–Kier alpha value is -4.31. The summed E-state index contributed by atoms with van der Waals surface area (Å²) < 4.78 is 0.962. The van der Waals surface area contributed by atoms with Crippen LogP contribution in [0.4, 0.5) is 28.4 Å². The molecule has 0 radical (unpaired) electrons. The highest BCUT2D eigenvalue weighted by atomic mass is 32.1. The van der Waals surface area contributed by atoms with Crippen molar-refractivity contribution in [1.82, 2.24) is 25.1 Å². The number of aromatic nitrogens is 5. The molecule has 0 aliphatic rings. The van der Waals surface area contributed by atoms with Gasteiger partial charge >= 0.3 is 0 Å². The average Bonchev–Trinajstić information content (AvgIpc) is 3.39. The molecule has 0 aliphatic carbocycles. The molecule has 9 nitrogen and oxygen atoms in total. The van der Waals surface area contributed by atoms with Crippen molar-refractivity contribution in [2.45, 2.75) is 6.92 Å². The number of thiazole rings is 1. The SMILES string of the molecule is Cc1cc(Nc2ccnc(Nc3ccc4sc(NC(=O)c5ccccc5)nc4c3)n2)n[nH]1. The lowest BCUT2D eigenvalue weighted by molar-refractivity contribution is 0.102. The molecule has 3 aromatic heterocycles. The van der Waals surface area contributed by atoms with Crippen LogP contribution in [-0.2, 0) is 0 Å². The minimum atomic E-state index is -0.187. The van der Waals surface area contributed by atoms with Crippen LogP contribution in [0.25, 0.3) is 10.2 Å². The van der Waals surface area contributed by atoms with Crippen LogP contribution < -0.4 is 16.0 Å². The number of rotatable bonds is 6. The fourth-order valence-electron chi connectivity index (χ4n) is 3.05. The zero-order chi connectivity index (χ0) is 21.9. The van der Waals surface area contributed by atoms with Gasteiger partial charge in [-0.25, -0.2) is 9.97 Å². The number of anilines is 5. The third-order valence-corrected chi connectivity index (χ3v) is 5.47. The van der Waals surface area contributed by atoms with Gasteiger partial charge in [-0.3, -0.25) is 15.2 Å². The first-order valence-electron chi connectivity index (χ1n) is 9.78. The molecule has 158 valence electrons. The number of nitrogens with zero attached hydrogens (tertiary/aromatic N) is 4. The molecular formula is C22H18N8OS. The van der Waals surface area contributed by atoms with Gasteiger partial charge in [-0.15, -0.1) is 0 Å². The topological polar surface area (TPSA) is 121 Å². The second-order valence-electron chi connectivity index (χ2n) is 6.97. The van der Waals surface area contributed by atoms with Crippen molar-refractivity contribution in [2.24, 2.45) is 0 Å². The van der Waals surface area contributed by atoms with Crippen molar-refractivity contribution in [3.63, 3.8) is 0 Å². The number of amides is 1. The van der Waals surface area contributed by atoms with Gasteiger partial charge < -0.3 is 10.6 Å². The lowest BCUT2D eigenvalue weighted by Gasteiger charge is -2.07. The van der Waals surface area contributed by atoms with Crippen LogP contribution >= 0.6 is 11.3 Å². The van der Waals surface area contributed by atoms with Crippen LogP contribution in [0.5, 0.6) is 0 Å². The van der Waals surface area contributed by atoms with Gasteiger partial charge in [0.05, 0.1) is 10.2 Å². The Balaban J connectivity index is 1.31. The van der Waals surface area contributed by atoms with E-state index in [4.69, 9.17) is 0 Å². The molecule has 5 aromatic rings. The molecule has 3 heterocycles. The second-order valence-corrected chi connectivity index (χ2v) is 8.00. The average molecular weight is 443 g/mol. The quantitative estimate of drug-likeness (QED) is 0.296. The van der Waals surface area contributed by atoms with Gasteiger partial charge in [0, 0.05) is 29.2 Å². The highest BCUT2D eigenvalue weighted by molar-refractivity contribution is 7.22. The number of carbonyl (C=O) groups is 1. The van der Waals surface area contributed by atoms with Gasteiger partial charge in [0.1, 0.15) is 5.82 Å². The van der Waals surface area contributed by atoms with Crippen molar-refractivity contribution >= 4 is 55.9 Å². The van der Waals surface area contributed by atoms with Gasteiger partial charge in [-0.1, -0.05) is 29.5 Å². The summed E-state index contributed by atoms with van der Waals surface area (Å²) in [6.45, 7) is 1.93. The van der Waals surface area contributed by atoms with Crippen LogP contribution in [0, 0.1) is 6.92 Å². The molecule has 0 spiro atoms. The molecule has 1 amide bonds. The van der Waals surface area contributed by atoms with Crippen LogP contribution in [-0.4, -0.2) is 31.1 Å². The lowest BCUT2D eigenvalue weighted by atomic mass is 10.2. The van der Waals surface area contributed by atoms with Gasteiger partial charge in [-0.2, -0.15) is 10.1 Å². The van der Waals surface area contributed by atoms with Crippen LogP contribution in [0.2, 0.25) is 0 Å². The molecule has 4 N–H and O–H groups in total. The summed E-state index contributed by atoms with van der Waals surface area (Å²) >= 11 is 1.42. The van der Waals surface area contributed by atoms with E-state index in [0.717, 1.165) is 21.6 Å². The van der Waals surface area contributed by atoms with Gasteiger partial charge in [0.2, 0.25) is 5.95 Å². The van der Waals surface area contributed by atoms with E-state index in [1.54, 1.807) is 24.4 Å². The number of H-pyrrole nitrogens is 1. The predicted octanol–water partition coefficient (Wildman–Crippen LogP) is 4.86. The van der Waals surface area contributed by atoms with Crippen LogP contribution in [0.1, 0.15) is 16.1 Å². The molecule has 0 unspecified atom stereocenters. The largest absolute Gasteiger partial charge is 0.324 e. The maximum absolute atomic E-state index is 12.4. The van der Waals surface area contributed by atoms with E-state index in [-0.39, 0.29) is 5.91 Å². The van der Waals surface area contributed by atoms with Crippen LogP contribution in [0.3, 0.4) is 0 Å². The van der Waals surface area contributed by atoms with Crippen LogP contribution in [0.15, 0.2) is 66.9 Å². The molecular weight excluding hydrogens is 424 g/mol. The smallest absolute Gasteiger partial charge is 0.257 e. The van der Waals surface area contributed by atoms with E-state index in [0.29, 0.717) is 28.3 Å². The molecule has 0 bridgehead atoms. The number of hydrogen-bond acceptors (Lipinski definition) is 8. The number of carbonyl (C=O) groups excluding carboxylic acids is 1. The first kappa shape index (κ1) is 19.6. The summed E-state index contributed by atoms with van der Waals surface area (Å²) in [4.78, 5) is 25.7. The van der Waals surface area contributed by atoms with E-state index >= 15 is 0 Å². The molecule has 0 fully saturated rings. The zero-order valence-electron chi connectivity index (χ0n) is 17.0. The Bertz CT molecular complexity index is 1400. The Labute approximate surface area is 187 Å². The molecule has 10 heteroatoms. The van der Waals surface area contributed by atoms with Gasteiger partial charge in [-0.05, 0) is 43.3 Å². The van der Waals surface area contributed by atoms with Crippen molar-refractivity contribution in [1.29, 1.82) is 0 Å². The Morgan fingerprint density at radius 2 is 1.84 bits per heavy atom. The number of aromatic amines is 1.